The molecule has 0 radical (unpaired) electrons. The van der Waals surface area contributed by atoms with Gasteiger partial charge < -0.3 is 5.32 Å². The van der Waals surface area contributed by atoms with Crippen LogP contribution in [0.5, 0.6) is 0 Å². The van der Waals surface area contributed by atoms with E-state index in [0.717, 1.165) is 31.5 Å². The maximum absolute atomic E-state index is 11.8. The van der Waals surface area contributed by atoms with Crippen LogP contribution < -0.4 is 5.32 Å². The molecular weight excluding hydrogens is 260 g/mol. The smallest absolute Gasteiger partial charge is 0.224 e. The fraction of sp³-hybridized carbons (Fsp3) is 0.611. The molecule has 3 nitrogen and oxygen atoms in total. The zero-order valence-corrected chi connectivity index (χ0v) is 13.2. The second-order valence-corrected chi connectivity index (χ2v) is 6.04. The molecule has 0 unspecified atom stereocenters. The summed E-state index contributed by atoms with van der Waals surface area (Å²) in [7, 11) is 0. The summed E-state index contributed by atoms with van der Waals surface area (Å²) < 4.78 is 0. The predicted octanol–water partition coefficient (Wildman–Crippen LogP) is 4.19. The van der Waals surface area contributed by atoms with Crippen molar-refractivity contribution >= 4 is 11.6 Å². The molecule has 1 N–H and O–H groups in total. The van der Waals surface area contributed by atoms with Gasteiger partial charge in [0.1, 0.15) is 0 Å². The van der Waals surface area contributed by atoms with Gasteiger partial charge in [0.2, 0.25) is 5.91 Å². The van der Waals surface area contributed by atoms with Crippen LogP contribution in [0.2, 0.25) is 0 Å². The molecule has 1 aliphatic rings. The second kappa shape index (κ2) is 8.83. The minimum atomic E-state index is 0.132. The lowest BCUT2D eigenvalue weighted by atomic mass is 10.1. The van der Waals surface area contributed by atoms with E-state index in [2.05, 4.69) is 29.3 Å². The van der Waals surface area contributed by atoms with E-state index in [1.54, 1.807) is 0 Å². The van der Waals surface area contributed by atoms with Gasteiger partial charge in [-0.3, -0.25) is 9.69 Å². The normalized spacial score (nSPS) is 15.9. The lowest BCUT2D eigenvalue weighted by Gasteiger charge is -2.26. The molecule has 3 heteroatoms. The molecule has 1 aliphatic heterocycles. The van der Waals surface area contributed by atoms with Crippen molar-refractivity contribution in [3.63, 3.8) is 0 Å². The number of carbonyl (C=O) groups is 1. The van der Waals surface area contributed by atoms with Crippen molar-refractivity contribution < 1.29 is 4.79 Å². The zero-order chi connectivity index (χ0) is 14.9. The Morgan fingerprint density at radius 3 is 2.48 bits per heavy atom. The topological polar surface area (TPSA) is 32.3 Å². The third-order valence-electron chi connectivity index (χ3n) is 4.10. The largest absolute Gasteiger partial charge is 0.326 e. The number of benzene rings is 1. The zero-order valence-electron chi connectivity index (χ0n) is 13.2. The summed E-state index contributed by atoms with van der Waals surface area (Å²) >= 11 is 0. The van der Waals surface area contributed by atoms with E-state index in [1.165, 1.54) is 37.9 Å². The number of unbranched alkanes of at least 4 members (excludes halogenated alkanes) is 2. The van der Waals surface area contributed by atoms with E-state index in [1.807, 2.05) is 12.1 Å². The van der Waals surface area contributed by atoms with Crippen LogP contribution in [0.25, 0.3) is 0 Å². The van der Waals surface area contributed by atoms with Gasteiger partial charge in [-0.1, -0.05) is 38.3 Å². The van der Waals surface area contributed by atoms with Crippen molar-refractivity contribution in [2.45, 2.75) is 58.4 Å². The Labute approximate surface area is 128 Å². The molecule has 1 heterocycles. The van der Waals surface area contributed by atoms with Crippen LogP contribution in [-0.4, -0.2) is 23.9 Å². The Kier molecular flexibility index (Phi) is 6.74. The van der Waals surface area contributed by atoms with Gasteiger partial charge in [0.25, 0.3) is 0 Å². The lowest BCUT2D eigenvalue weighted by Crippen LogP contribution is -2.29. The maximum Gasteiger partial charge on any atom is 0.224 e. The molecule has 0 spiro atoms. The molecule has 0 aliphatic carbocycles. The summed E-state index contributed by atoms with van der Waals surface area (Å²) in [5.74, 6) is 0.132. The van der Waals surface area contributed by atoms with Gasteiger partial charge in [-0.25, -0.2) is 0 Å². The first-order valence-corrected chi connectivity index (χ1v) is 8.39. The Morgan fingerprint density at radius 1 is 1.10 bits per heavy atom. The number of amides is 1. The number of likely N-dealkylation sites (tertiary alicyclic amines) is 1. The Bertz CT molecular complexity index is 421. The van der Waals surface area contributed by atoms with Gasteiger partial charge in [-0.2, -0.15) is 0 Å². The van der Waals surface area contributed by atoms with Gasteiger partial charge in [-0.15, -0.1) is 0 Å². The van der Waals surface area contributed by atoms with E-state index in [4.69, 9.17) is 0 Å². The predicted molar refractivity (Wildman–Crippen MR) is 88.3 cm³/mol. The highest BCUT2D eigenvalue weighted by Crippen LogP contribution is 2.15. The first kappa shape index (κ1) is 16.0. The molecule has 1 aromatic carbocycles. The minimum Gasteiger partial charge on any atom is -0.326 e. The lowest BCUT2D eigenvalue weighted by molar-refractivity contribution is -0.116. The molecule has 1 amide bonds. The van der Waals surface area contributed by atoms with Crippen LogP contribution in [0.3, 0.4) is 0 Å². The Morgan fingerprint density at radius 2 is 1.81 bits per heavy atom. The van der Waals surface area contributed by atoms with E-state index in [9.17, 15) is 4.79 Å². The molecule has 1 aromatic rings. The first-order chi connectivity index (χ1) is 10.3. The summed E-state index contributed by atoms with van der Waals surface area (Å²) in [6.45, 7) is 5.62. The molecule has 21 heavy (non-hydrogen) atoms. The third-order valence-corrected chi connectivity index (χ3v) is 4.10. The maximum atomic E-state index is 11.8. The van der Waals surface area contributed by atoms with E-state index in [-0.39, 0.29) is 5.91 Å². The van der Waals surface area contributed by atoms with Crippen LogP contribution in [0.1, 0.15) is 57.4 Å². The molecule has 0 atom stereocenters. The highest BCUT2D eigenvalue weighted by atomic mass is 16.1. The SMILES string of the molecule is CCCCCC(=O)Nc1ccc(CN2CCCCC2)cc1. The molecule has 1 saturated heterocycles. The molecule has 1 fully saturated rings. The van der Waals surface area contributed by atoms with Crippen molar-refractivity contribution in [2.24, 2.45) is 0 Å². The van der Waals surface area contributed by atoms with Crippen LogP contribution in [0.15, 0.2) is 24.3 Å². The highest BCUT2D eigenvalue weighted by Gasteiger charge is 2.10. The van der Waals surface area contributed by atoms with E-state index in [0.29, 0.717) is 6.42 Å². The van der Waals surface area contributed by atoms with Gasteiger partial charge in [0, 0.05) is 18.7 Å². The number of hydrogen-bond acceptors (Lipinski definition) is 2. The third kappa shape index (κ3) is 5.88. The Hall–Kier alpha value is -1.35. The summed E-state index contributed by atoms with van der Waals surface area (Å²) in [5, 5.41) is 2.98. The number of anilines is 1. The average Bonchev–Trinajstić information content (AvgIpc) is 2.51. The van der Waals surface area contributed by atoms with Gasteiger partial charge in [0.15, 0.2) is 0 Å². The molecule has 2 rings (SSSR count). The van der Waals surface area contributed by atoms with Crippen LogP contribution in [-0.2, 0) is 11.3 Å². The van der Waals surface area contributed by atoms with Gasteiger partial charge in [-0.05, 0) is 50.0 Å². The highest BCUT2D eigenvalue weighted by molar-refractivity contribution is 5.90. The van der Waals surface area contributed by atoms with Crippen molar-refractivity contribution in [1.29, 1.82) is 0 Å². The van der Waals surface area contributed by atoms with E-state index >= 15 is 0 Å². The number of carbonyl (C=O) groups excluding carboxylic acids is 1. The molecular formula is C18H28N2O. The van der Waals surface area contributed by atoms with Crippen molar-refractivity contribution in [2.75, 3.05) is 18.4 Å². The number of hydrogen-bond donors (Lipinski definition) is 1. The van der Waals surface area contributed by atoms with Crippen molar-refractivity contribution in [3.05, 3.63) is 29.8 Å². The molecule has 116 valence electrons. The Balaban J connectivity index is 1.77. The quantitative estimate of drug-likeness (QED) is 0.763. The fourth-order valence-electron chi connectivity index (χ4n) is 2.83. The summed E-state index contributed by atoms with van der Waals surface area (Å²) in [6, 6.07) is 8.32. The van der Waals surface area contributed by atoms with Gasteiger partial charge >= 0.3 is 0 Å². The summed E-state index contributed by atoms with van der Waals surface area (Å²) in [5.41, 5.74) is 2.25. The number of piperidine rings is 1. The van der Waals surface area contributed by atoms with Crippen LogP contribution in [0, 0.1) is 0 Å². The standard InChI is InChI=1S/C18H28N2O/c1-2-3-5-8-18(21)19-17-11-9-16(10-12-17)15-20-13-6-4-7-14-20/h9-12H,2-8,13-15H2,1H3,(H,19,21). The van der Waals surface area contributed by atoms with Crippen LogP contribution >= 0.6 is 0 Å². The number of nitrogens with one attached hydrogen (secondary N) is 1. The van der Waals surface area contributed by atoms with Crippen LogP contribution in [0.4, 0.5) is 5.69 Å². The van der Waals surface area contributed by atoms with Crippen molar-refractivity contribution in [3.8, 4) is 0 Å². The van der Waals surface area contributed by atoms with E-state index < -0.39 is 0 Å². The number of rotatable bonds is 7. The van der Waals surface area contributed by atoms with Gasteiger partial charge in [0.05, 0.1) is 0 Å². The average molecular weight is 288 g/mol. The number of nitrogens with zero attached hydrogens (tertiary/aromatic N) is 1. The molecule has 0 bridgehead atoms. The fourth-order valence-corrected chi connectivity index (χ4v) is 2.83. The first-order valence-electron chi connectivity index (χ1n) is 8.39. The summed E-state index contributed by atoms with van der Waals surface area (Å²) in [6.07, 6.45) is 7.91. The minimum absolute atomic E-state index is 0.132. The van der Waals surface area contributed by atoms with Crippen molar-refractivity contribution in [1.82, 2.24) is 4.90 Å². The molecule has 0 saturated carbocycles. The monoisotopic (exact) mass is 288 g/mol. The molecule has 0 aromatic heterocycles. The summed E-state index contributed by atoms with van der Waals surface area (Å²) in [4.78, 5) is 14.3. The second-order valence-electron chi connectivity index (χ2n) is 6.04.